The van der Waals surface area contributed by atoms with E-state index in [1.54, 1.807) is 0 Å². The van der Waals surface area contributed by atoms with Crippen molar-refractivity contribution in [2.45, 2.75) is 72.8 Å². The van der Waals surface area contributed by atoms with E-state index in [2.05, 4.69) is 34.6 Å². The highest BCUT2D eigenvalue weighted by atomic mass is 16.3. The fourth-order valence-electron chi connectivity index (χ4n) is 2.93. The monoisotopic (exact) mass is 226 g/mol. The Morgan fingerprint density at radius 2 is 1.81 bits per heavy atom. The summed E-state index contributed by atoms with van der Waals surface area (Å²) in [6.07, 6.45) is 6.14. The van der Waals surface area contributed by atoms with Crippen LogP contribution in [0.1, 0.15) is 66.7 Å². The van der Waals surface area contributed by atoms with E-state index in [4.69, 9.17) is 0 Å². The summed E-state index contributed by atoms with van der Waals surface area (Å²) in [6, 6.07) is 0. The van der Waals surface area contributed by atoms with Crippen molar-refractivity contribution in [3.63, 3.8) is 0 Å². The minimum absolute atomic E-state index is 0.0429. The molecule has 0 aromatic heterocycles. The van der Waals surface area contributed by atoms with Gasteiger partial charge in [-0.05, 0) is 55.3 Å². The lowest BCUT2D eigenvalue weighted by Gasteiger charge is -2.36. The van der Waals surface area contributed by atoms with Crippen LogP contribution < -0.4 is 0 Å². The first-order valence-electron chi connectivity index (χ1n) is 6.97. The van der Waals surface area contributed by atoms with E-state index in [0.717, 1.165) is 12.3 Å². The van der Waals surface area contributed by atoms with Crippen LogP contribution in [0.3, 0.4) is 0 Å². The SMILES string of the molecule is CC(C)C1CCC(CCC(C)(C)C)CC1O. The standard InChI is InChI=1S/C15H30O/c1-11(2)13-7-6-12(10-14(13)16)8-9-15(3,4)5/h11-14,16H,6-10H2,1-5H3. The van der Waals surface area contributed by atoms with Crippen LogP contribution in [-0.2, 0) is 0 Å². The molecule has 1 aliphatic carbocycles. The Bertz CT molecular complexity index is 202. The second-order valence-electron chi connectivity index (χ2n) is 7.25. The lowest BCUT2D eigenvalue weighted by molar-refractivity contribution is 0.0188. The highest BCUT2D eigenvalue weighted by Gasteiger charge is 2.31. The van der Waals surface area contributed by atoms with E-state index in [-0.39, 0.29) is 6.10 Å². The van der Waals surface area contributed by atoms with Crippen molar-refractivity contribution in [3.8, 4) is 0 Å². The van der Waals surface area contributed by atoms with Crippen LogP contribution in [0.25, 0.3) is 0 Å². The molecule has 1 nitrogen and oxygen atoms in total. The minimum atomic E-state index is -0.0429. The zero-order valence-electron chi connectivity index (χ0n) is 11.8. The van der Waals surface area contributed by atoms with Gasteiger partial charge in [-0.15, -0.1) is 0 Å². The summed E-state index contributed by atoms with van der Waals surface area (Å²) in [5.74, 6) is 1.95. The molecule has 1 fully saturated rings. The highest BCUT2D eigenvalue weighted by Crippen LogP contribution is 2.37. The van der Waals surface area contributed by atoms with E-state index < -0.39 is 0 Å². The predicted molar refractivity (Wildman–Crippen MR) is 70.4 cm³/mol. The Morgan fingerprint density at radius 1 is 1.19 bits per heavy atom. The molecule has 1 aliphatic rings. The number of hydrogen-bond donors (Lipinski definition) is 1. The molecule has 0 amide bonds. The highest BCUT2D eigenvalue weighted by molar-refractivity contribution is 4.82. The molecule has 3 unspecified atom stereocenters. The van der Waals surface area contributed by atoms with Gasteiger partial charge in [0.05, 0.1) is 6.10 Å². The van der Waals surface area contributed by atoms with E-state index in [9.17, 15) is 5.11 Å². The maximum Gasteiger partial charge on any atom is 0.0573 e. The molecule has 16 heavy (non-hydrogen) atoms. The van der Waals surface area contributed by atoms with Gasteiger partial charge in [-0.25, -0.2) is 0 Å². The maximum absolute atomic E-state index is 10.1. The molecule has 1 saturated carbocycles. The Kier molecular flexibility index (Phi) is 4.85. The molecule has 1 N–H and O–H groups in total. The summed E-state index contributed by atoms with van der Waals surface area (Å²) in [4.78, 5) is 0. The topological polar surface area (TPSA) is 20.2 Å². The van der Waals surface area contributed by atoms with E-state index in [1.807, 2.05) is 0 Å². The Balaban J connectivity index is 2.34. The number of hydrogen-bond acceptors (Lipinski definition) is 1. The van der Waals surface area contributed by atoms with Gasteiger partial charge >= 0.3 is 0 Å². The molecule has 3 atom stereocenters. The van der Waals surface area contributed by atoms with Gasteiger partial charge in [-0.3, -0.25) is 0 Å². The fourth-order valence-corrected chi connectivity index (χ4v) is 2.93. The molecule has 0 aromatic rings. The summed E-state index contributed by atoms with van der Waals surface area (Å²) >= 11 is 0. The predicted octanol–water partition coefficient (Wildman–Crippen LogP) is 4.25. The molecule has 0 spiro atoms. The molecule has 96 valence electrons. The molecule has 1 heteroatoms. The van der Waals surface area contributed by atoms with E-state index in [0.29, 0.717) is 17.3 Å². The second-order valence-corrected chi connectivity index (χ2v) is 7.25. The van der Waals surface area contributed by atoms with Crippen LogP contribution in [0.2, 0.25) is 0 Å². The summed E-state index contributed by atoms with van der Waals surface area (Å²) in [5.41, 5.74) is 0.444. The van der Waals surface area contributed by atoms with Gasteiger partial charge in [0.15, 0.2) is 0 Å². The molecule has 0 radical (unpaired) electrons. The third kappa shape index (κ3) is 4.45. The molecular weight excluding hydrogens is 196 g/mol. The summed E-state index contributed by atoms with van der Waals surface area (Å²) < 4.78 is 0. The number of aliphatic hydroxyl groups excluding tert-OH is 1. The molecule has 0 saturated heterocycles. The van der Waals surface area contributed by atoms with E-state index in [1.165, 1.54) is 25.7 Å². The first kappa shape index (κ1) is 14.0. The van der Waals surface area contributed by atoms with Gasteiger partial charge in [-0.1, -0.05) is 34.6 Å². The van der Waals surface area contributed by atoms with Crippen LogP contribution in [-0.4, -0.2) is 11.2 Å². The van der Waals surface area contributed by atoms with Gasteiger partial charge < -0.3 is 5.11 Å². The van der Waals surface area contributed by atoms with Gasteiger partial charge in [0.2, 0.25) is 0 Å². The maximum atomic E-state index is 10.1. The zero-order valence-corrected chi connectivity index (χ0v) is 11.8. The van der Waals surface area contributed by atoms with Crippen molar-refractivity contribution in [1.82, 2.24) is 0 Å². The molecule has 1 rings (SSSR count). The first-order chi connectivity index (χ1) is 7.29. The van der Waals surface area contributed by atoms with Crippen molar-refractivity contribution >= 4 is 0 Å². The third-order valence-electron chi connectivity index (χ3n) is 4.14. The quantitative estimate of drug-likeness (QED) is 0.763. The van der Waals surface area contributed by atoms with Crippen molar-refractivity contribution in [2.24, 2.45) is 23.2 Å². The van der Waals surface area contributed by atoms with E-state index >= 15 is 0 Å². The second kappa shape index (κ2) is 5.53. The molecule has 0 bridgehead atoms. The average molecular weight is 226 g/mol. The molecule has 0 aliphatic heterocycles. The zero-order chi connectivity index (χ0) is 12.3. The van der Waals surface area contributed by atoms with Gasteiger partial charge in [0.1, 0.15) is 0 Å². The van der Waals surface area contributed by atoms with Crippen LogP contribution in [0.5, 0.6) is 0 Å². The van der Waals surface area contributed by atoms with Crippen molar-refractivity contribution < 1.29 is 5.11 Å². The Morgan fingerprint density at radius 3 is 2.25 bits per heavy atom. The van der Waals surface area contributed by atoms with Crippen LogP contribution in [0.4, 0.5) is 0 Å². The fraction of sp³-hybridized carbons (Fsp3) is 1.00. The molecule has 0 aromatic carbocycles. The lowest BCUT2D eigenvalue weighted by Crippen LogP contribution is -2.32. The smallest absolute Gasteiger partial charge is 0.0573 e. The van der Waals surface area contributed by atoms with Gasteiger partial charge in [-0.2, -0.15) is 0 Å². The number of aliphatic hydroxyl groups is 1. The van der Waals surface area contributed by atoms with Gasteiger partial charge in [0, 0.05) is 0 Å². The minimum Gasteiger partial charge on any atom is -0.393 e. The van der Waals surface area contributed by atoms with Crippen molar-refractivity contribution in [2.75, 3.05) is 0 Å². The normalized spacial score (nSPS) is 32.1. The van der Waals surface area contributed by atoms with Crippen LogP contribution >= 0.6 is 0 Å². The number of rotatable bonds is 3. The molecule has 0 heterocycles. The lowest BCUT2D eigenvalue weighted by atomic mass is 9.72. The summed E-state index contributed by atoms with van der Waals surface area (Å²) in [7, 11) is 0. The molecular formula is C15H30O. The first-order valence-corrected chi connectivity index (χ1v) is 6.97. The Hall–Kier alpha value is -0.0400. The Labute approximate surface area is 102 Å². The largest absolute Gasteiger partial charge is 0.393 e. The van der Waals surface area contributed by atoms with Crippen molar-refractivity contribution in [3.05, 3.63) is 0 Å². The van der Waals surface area contributed by atoms with Crippen molar-refractivity contribution in [1.29, 1.82) is 0 Å². The summed E-state index contributed by atoms with van der Waals surface area (Å²) in [5, 5.41) is 10.1. The van der Waals surface area contributed by atoms with Crippen LogP contribution in [0, 0.1) is 23.2 Å². The third-order valence-corrected chi connectivity index (χ3v) is 4.14. The summed E-state index contributed by atoms with van der Waals surface area (Å²) in [6.45, 7) is 11.4. The van der Waals surface area contributed by atoms with Gasteiger partial charge in [0.25, 0.3) is 0 Å². The average Bonchev–Trinajstić information content (AvgIpc) is 2.13. The van der Waals surface area contributed by atoms with Crippen LogP contribution in [0.15, 0.2) is 0 Å².